The van der Waals surface area contributed by atoms with E-state index in [1.807, 2.05) is 0 Å². The molecule has 2 aliphatic rings. The molecule has 2 rings (SSSR count). The van der Waals surface area contributed by atoms with Gasteiger partial charge < -0.3 is 10.5 Å². The summed E-state index contributed by atoms with van der Waals surface area (Å²) in [5.41, 5.74) is 6.43. The first-order valence-corrected chi connectivity index (χ1v) is 7.25. The van der Waals surface area contributed by atoms with Crippen LogP contribution in [0, 0.1) is 0 Å². The lowest BCUT2D eigenvalue weighted by atomic mass is 9.85. The number of morpholine rings is 1. The van der Waals surface area contributed by atoms with Crippen molar-refractivity contribution in [2.45, 2.75) is 43.5 Å². The minimum atomic E-state index is 0.122. The number of nitrogens with zero attached hydrogens (tertiary/aromatic N) is 1. The fourth-order valence-electron chi connectivity index (χ4n) is 3.19. The summed E-state index contributed by atoms with van der Waals surface area (Å²) in [4.78, 5) is 2.62. The lowest BCUT2D eigenvalue weighted by Gasteiger charge is -2.53. The fourth-order valence-corrected chi connectivity index (χ4v) is 4.66. The predicted octanol–water partition coefficient (Wildman–Crippen LogP) is 1.32. The van der Waals surface area contributed by atoms with E-state index in [0.717, 1.165) is 26.3 Å². The maximum Gasteiger partial charge on any atom is 0.0645 e. The van der Waals surface area contributed by atoms with E-state index in [1.54, 1.807) is 0 Å². The number of thioether (sulfide) groups is 1. The Morgan fingerprint density at radius 2 is 2.25 bits per heavy atom. The van der Waals surface area contributed by atoms with E-state index >= 15 is 0 Å². The molecule has 0 aromatic carbocycles. The molecular weight excluding hydrogens is 220 g/mol. The van der Waals surface area contributed by atoms with Crippen molar-refractivity contribution in [2.75, 3.05) is 32.1 Å². The van der Waals surface area contributed by atoms with Crippen molar-refractivity contribution in [2.24, 2.45) is 5.73 Å². The molecule has 0 spiro atoms. The molecule has 4 heteroatoms. The highest BCUT2D eigenvalue weighted by Gasteiger charge is 2.50. The summed E-state index contributed by atoms with van der Waals surface area (Å²) in [5.74, 6) is 1.24. The molecule has 0 bridgehead atoms. The van der Waals surface area contributed by atoms with Crippen molar-refractivity contribution in [1.29, 1.82) is 0 Å². The number of ether oxygens (including phenoxy) is 1. The van der Waals surface area contributed by atoms with E-state index < -0.39 is 0 Å². The quantitative estimate of drug-likeness (QED) is 0.795. The van der Waals surface area contributed by atoms with Crippen LogP contribution in [0.3, 0.4) is 0 Å². The highest BCUT2D eigenvalue weighted by Crippen LogP contribution is 2.43. The van der Waals surface area contributed by atoms with Crippen LogP contribution >= 0.6 is 11.8 Å². The number of rotatable bonds is 2. The SMILES string of the molecule is CC1SCCC1(CN)N1CCOCC1(C)C. The minimum Gasteiger partial charge on any atom is -0.378 e. The Hall–Kier alpha value is 0.230. The molecule has 3 nitrogen and oxygen atoms in total. The van der Waals surface area contributed by atoms with Gasteiger partial charge in [-0.2, -0.15) is 11.8 Å². The van der Waals surface area contributed by atoms with Gasteiger partial charge >= 0.3 is 0 Å². The second kappa shape index (κ2) is 4.48. The third kappa shape index (κ3) is 1.90. The lowest BCUT2D eigenvalue weighted by molar-refractivity contribution is -0.102. The zero-order valence-electron chi connectivity index (χ0n) is 10.7. The molecule has 2 aliphatic heterocycles. The molecule has 0 aromatic rings. The zero-order chi connectivity index (χ0) is 11.8. The van der Waals surface area contributed by atoms with Gasteiger partial charge in [0.25, 0.3) is 0 Å². The van der Waals surface area contributed by atoms with Gasteiger partial charge in [-0.15, -0.1) is 0 Å². The molecule has 2 atom stereocenters. The van der Waals surface area contributed by atoms with E-state index in [-0.39, 0.29) is 11.1 Å². The summed E-state index contributed by atoms with van der Waals surface area (Å²) < 4.78 is 5.61. The predicted molar refractivity (Wildman–Crippen MR) is 69.9 cm³/mol. The second-order valence-corrected chi connectivity index (χ2v) is 7.04. The topological polar surface area (TPSA) is 38.5 Å². The Morgan fingerprint density at radius 3 is 2.75 bits per heavy atom. The largest absolute Gasteiger partial charge is 0.378 e. The summed E-state index contributed by atoms with van der Waals surface area (Å²) in [6.07, 6.45) is 1.22. The monoisotopic (exact) mass is 244 g/mol. The molecule has 2 heterocycles. The van der Waals surface area contributed by atoms with Crippen LogP contribution in [0.2, 0.25) is 0 Å². The molecule has 16 heavy (non-hydrogen) atoms. The van der Waals surface area contributed by atoms with Gasteiger partial charge in [0.1, 0.15) is 0 Å². The third-order valence-electron chi connectivity index (χ3n) is 4.20. The van der Waals surface area contributed by atoms with Crippen molar-refractivity contribution in [3.63, 3.8) is 0 Å². The van der Waals surface area contributed by atoms with E-state index in [0.29, 0.717) is 5.25 Å². The lowest BCUT2D eigenvalue weighted by Crippen LogP contribution is -2.68. The third-order valence-corrected chi connectivity index (χ3v) is 5.57. The van der Waals surface area contributed by atoms with E-state index in [9.17, 15) is 0 Å². The Kier molecular flexibility index (Phi) is 3.55. The van der Waals surface area contributed by atoms with Crippen molar-refractivity contribution >= 4 is 11.8 Å². The summed E-state index contributed by atoms with van der Waals surface area (Å²) in [6.45, 7) is 10.4. The average molecular weight is 244 g/mol. The van der Waals surface area contributed by atoms with Crippen molar-refractivity contribution < 1.29 is 4.74 Å². The molecule has 94 valence electrons. The maximum atomic E-state index is 6.12. The summed E-state index contributed by atoms with van der Waals surface area (Å²) in [6, 6.07) is 0. The standard InChI is InChI=1S/C12H24N2OS/c1-10-12(8-13,4-7-16-10)14-5-6-15-9-11(14,2)3/h10H,4-9,13H2,1-3H3. The molecule has 0 saturated carbocycles. The van der Waals surface area contributed by atoms with Crippen LogP contribution in [0.15, 0.2) is 0 Å². The highest BCUT2D eigenvalue weighted by molar-refractivity contribution is 8.00. The summed E-state index contributed by atoms with van der Waals surface area (Å²) in [5, 5.41) is 0.634. The number of hydrogen-bond acceptors (Lipinski definition) is 4. The molecular formula is C12H24N2OS. The van der Waals surface area contributed by atoms with E-state index in [1.165, 1.54) is 12.2 Å². The maximum absolute atomic E-state index is 6.12. The Bertz CT molecular complexity index is 259. The van der Waals surface area contributed by atoms with Crippen LogP contribution in [0.5, 0.6) is 0 Å². The van der Waals surface area contributed by atoms with Gasteiger partial charge in [0.05, 0.1) is 13.2 Å². The van der Waals surface area contributed by atoms with Gasteiger partial charge in [-0.1, -0.05) is 6.92 Å². The number of hydrogen-bond donors (Lipinski definition) is 1. The molecule has 0 aliphatic carbocycles. The van der Waals surface area contributed by atoms with Crippen LogP contribution in [0.1, 0.15) is 27.2 Å². The van der Waals surface area contributed by atoms with Gasteiger partial charge in [-0.3, -0.25) is 4.90 Å². The number of nitrogens with two attached hydrogens (primary N) is 1. The molecule has 2 unspecified atom stereocenters. The smallest absolute Gasteiger partial charge is 0.0645 e. The van der Waals surface area contributed by atoms with Crippen LogP contribution < -0.4 is 5.73 Å². The van der Waals surface area contributed by atoms with E-state index in [2.05, 4.69) is 37.4 Å². The van der Waals surface area contributed by atoms with Gasteiger partial charge in [0, 0.05) is 29.4 Å². The van der Waals surface area contributed by atoms with Crippen LogP contribution in [-0.2, 0) is 4.74 Å². The molecule has 0 aromatic heterocycles. The van der Waals surface area contributed by atoms with Crippen molar-refractivity contribution in [3.8, 4) is 0 Å². The zero-order valence-corrected chi connectivity index (χ0v) is 11.5. The minimum absolute atomic E-state index is 0.122. The van der Waals surface area contributed by atoms with Gasteiger partial charge in [-0.05, 0) is 26.0 Å². The Morgan fingerprint density at radius 1 is 1.50 bits per heavy atom. The Balaban J connectivity index is 2.25. The van der Waals surface area contributed by atoms with Crippen LogP contribution in [-0.4, -0.2) is 53.3 Å². The Labute approximate surface area is 103 Å². The summed E-state index contributed by atoms with van der Waals surface area (Å²) >= 11 is 2.06. The van der Waals surface area contributed by atoms with Crippen molar-refractivity contribution in [1.82, 2.24) is 4.90 Å². The highest BCUT2D eigenvalue weighted by atomic mass is 32.2. The van der Waals surface area contributed by atoms with Gasteiger partial charge in [0.2, 0.25) is 0 Å². The first kappa shape index (κ1) is 12.7. The van der Waals surface area contributed by atoms with Crippen molar-refractivity contribution in [3.05, 3.63) is 0 Å². The first-order chi connectivity index (χ1) is 7.53. The van der Waals surface area contributed by atoms with Crippen LogP contribution in [0.25, 0.3) is 0 Å². The average Bonchev–Trinajstić information content (AvgIpc) is 2.60. The first-order valence-electron chi connectivity index (χ1n) is 6.20. The van der Waals surface area contributed by atoms with Gasteiger partial charge in [-0.25, -0.2) is 0 Å². The molecule has 2 N–H and O–H groups in total. The van der Waals surface area contributed by atoms with E-state index in [4.69, 9.17) is 10.5 Å². The normalized spacial score (nSPS) is 40.1. The molecule has 2 saturated heterocycles. The molecule has 0 radical (unpaired) electrons. The van der Waals surface area contributed by atoms with Crippen LogP contribution in [0.4, 0.5) is 0 Å². The fraction of sp³-hybridized carbons (Fsp3) is 1.00. The summed E-state index contributed by atoms with van der Waals surface area (Å²) in [7, 11) is 0. The van der Waals surface area contributed by atoms with Gasteiger partial charge in [0.15, 0.2) is 0 Å². The second-order valence-electron chi connectivity index (χ2n) is 5.59. The molecule has 2 fully saturated rings. The molecule has 0 amide bonds.